The minimum absolute atomic E-state index is 0. The van der Waals surface area contributed by atoms with Gasteiger partial charge in [0.2, 0.25) is 0 Å². The summed E-state index contributed by atoms with van der Waals surface area (Å²) in [5, 5.41) is 10.7. The Kier molecular flexibility index (Phi) is 5.57. The summed E-state index contributed by atoms with van der Waals surface area (Å²) in [5.41, 5.74) is 6.40. The van der Waals surface area contributed by atoms with Crippen LogP contribution in [-0.4, -0.2) is 4.92 Å². The molecular weight excluding hydrogens is 239 g/mol. The largest absolute Gasteiger partial charge is 0.324 e. The summed E-state index contributed by atoms with van der Waals surface area (Å²) in [7, 11) is 0. The number of nitro benzene ring substituents is 1. The number of nitrogens with zero attached hydrogens (tertiary/aromatic N) is 1. The minimum atomic E-state index is -0.506. The molecule has 0 amide bonds. The van der Waals surface area contributed by atoms with E-state index in [2.05, 4.69) is 0 Å². The van der Waals surface area contributed by atoms with E-state index < -0.39 is 4.92 Å². The minimum Gasteiger partial charge on any atom is -0.324 e. The number of halogens is 2. The van der Waals surface area contributed by atoms with Gasteiger partial charge in [-0.1, -0.05) is 24.6 Å². The van der Waals surface area contributed by atoms with Crippen molar-refractivity contribution < 1.29 is 4.92 Å². The fourth-order valence-electron chi connectivity index (χ4n) is 1.14. The Labute approximate surface area is 99.0 Å². The van der Waals surface area contributed by atoms with Crippen molar-refractivity contribution >= 4 is 29.7 Å². The Morgan fingerprint density at radius 1 is 1.60 bits per heavy atom. The molecule has 6 heteroatoms. The quantitative estimate of drug-likeness (QED) is 0.662. The highest BCUT2D eigenvalue weighted by Crippen LogP contribution is 2.27. The normalized spacial score (nSPS) is 11.7. The van der Waals surface area contributed by atoms with Gasteiger partial charge in [-0.3, -0.25) is 10.1 Å². The van der Waals surface area contributed by atoms with Crippen LogP contribution in [0.25, 0.3) is 0 Å². The average molecular weight is 251 g/mol. The van der Waals surface area contributed by atoms with E-state index in [1.165, 1.54) is 12.1 Å². The van der Waals surface area contributed by atoms with E-state index in [1.807, 2.05) is 6.92 Å². The third kappa shape index (κ3) is 3.34. The summed E-state index contributed by atoms with van der Waals surface area (Å²) in [5.74, 6) is 0. The van der Waals surface area contributed by atoms with Gasteiger partial charge in [0.15, 0.2) is 0 Å². The first-order chi connectivity index (χ1) is 6.56. The van der Waals surface area contributed by atoms with Gasteiger partial charge in [0, 0.05) is 12.1 Å². The third-order valence-corrected chi connectivity index (χ3v) is 2.35. The molecule has 4 nitrogen and oxygen atoms in total. The Morgan fingerprint density at radius 3 is 2.67 bits per heavy atom. The molecule has 0 aromatic heterocycles. The summed E-state index contributed by atoms with van der Waals surface area (Å²) in [4.78, 5) is 10.1. The van der Waals surface area contributed by atoms with Crippen LogP contribution < -0.4 is 5.73 Å². The predicted molar refractivity (Wildman–Crippen MR) is 62.6 cm³/mol. The number of benzene rings is 1. The second-order valence-corrected chi connectivity index (χ2v) is 3.39. The third-order valence-electron chi connectivity index (χ3n) is 2.03. The van der Waals surface area contributed by atoms with Gasteiger partial charge in [-0.2, -0.15) is 0 Å². The molecule has 0 aliphatic heterocycles. The second kappa shape index (κ2) is 5.90. The van der Waals surface area contributed by atoms with E-state index in [-0.39, 0.29) is 29.2 Å². The summed E-state index contributed by atoms with van der Waals surface area (Å²) >= 11 is 5.66. The fraction of sp³-hybridized carbons (Fsp3) is 0.333. The van der Waals surface area contributed by atoms with Crippen molar-refractivity contribution in [3.63, 3.8) is 0 Å². The summed E-state index contributed by atoms with van der Waals surface area (Å²) in [6.07, 6.45) is 0.735. The monoisotopic (exact) mass is 250 g/mol. The molecule has 2 N–H and O–H groups in total. The van der Waals surface area contributed by atoms with Crippen LogP contribution >= 0.6 is 24.0 Å². The number of nitro groups is 1. The van der Waals surface area contributed by atoms with Gasteiger partial charge in [0.05, 0.1) is 4.92 Å². The molecule has 0 saturated heterocycles. The van der Waals surface area contributed by atoms with Gasteiger partial charge in [-0.05, 0) is 18.1 Å². The second-order valence-electron chi connectivity index (χ2n) is 2.98. The van der Waals surface area contributed by atoms with E-state index in [9.17, 15) is 10.1 Å². The molecule has 1 rings (SSSR count). The van der Waals surface area contributed by atoms with Crippen LogP contribution in [0.2, 0.25) is 5.02 Å². The Balaban J connectivity index is 0.00000196. The van der Waals surface area contributed by atoms with Crippen molar-refractivity contribution in [1.29, 1.82) is 0 Å². The Morgan fingerprint density at radius 2 is 2.20 bits per heavy atom. The standard InChI is InChI=1S/C9H11ClN2O2.ClH/c1-2-8(11)6-3-4-7(10)9(5-6)12(13)14;/h3-5,8H,2,11H2,1H3;1H/t8-;/m1./s1. The Hall–Kier alpha value is -0.840. The molecule has 0 unspecified atom stereocenters. The van der Waals surface area contributed by atoms with Gasteiger partial charge in [-0.25, -0.2) is 0 Å². The van der Waals surface area contributed by atoms with Crippen LogP contribution in [0.1, 0.15) is 24.9 Å². The van der Waals surface area contributed by atoms with Crippen molar-refractivity contribution in [3.8, 4) is 0 Å². The SMILES string of the molecule is CC[C@@H](N)c1ccc(Cl)c([N+](=O)[O-])c1.Cl. The molecule has 1 aromatic rings. The highest BCUT2D eigenvalue weighted by Gasteiger charge is 2.14. The average Bonchev–Trinajstić information content (AvgIpc) is 2.17. The fourth-order valence-corrected chi connectivity index (χ4v) is 1.32. The van der Waals surface area contributed by atoms with Crippen molar-refractivity contribution in [1.82, 2.24) is 0 Å². The zero-order valence-corrected chi connectivity index (χ0v) is 9.72. The van der Waals surface area contributed by atoms with Crippen LogP contribution in [0.15, 0.2) is 18.2 Å². The number of hydrogen-bond acceptors (Lipinski definition) is 3. The molecule has 0 aliphatic rings. The molecule has 0 fully saturated rings. The molecule has 0 heterocycles. The van der Waals surface area contributed by atoms with Crippen molar-refractivity contribution in [3.05, 3.63) is 38.9 Å². The topological polar surface area (TPSA) is 69.2 Å². The van der Waals surface area contributed by atoms with Crippen molar-refractivity contribution in [2.45, 2.75) is 19.4 Å². The molecule has 15 heavy (non-hydrogen) atoms. The zero-order chi connectivity index (χ0) is 10.7. The smallest absolute Gasteiger partial charge is 0.288 e. The number of hydrogen-bond donors (Lipinski definition) is 1. The molecule has 0 radical (unpaired) electrons. The predicted octanol–water partition coefficient (Wildman–Crippen LogP) is 3.08. The number of rotatable bonds is 3. The van der Waals surface area contributed by atoms with E-state index in [0.717, 1.165) is 12.0 Å². The van der Waals surface area contributed by atoms with E-state index in [1.54, 1.807) is 6.07 Å². The number of nitrogens with two attached hydrogens (primary N) is 1. The lowest BCUT2D eigenvalue weighted by molar-refractivity contribution is -0.384. The van der Waals surface area contributed by atoms with E-state index in [0.29, 0.717) is 0 Å². The molecule has 0 aliphatic carbocycles. The van der Waals surface area contributed by atoms with Gasteiger partial charge in [-0.15, -0.1) is 12.4 Å². The van der Waals surface area contributed by atoms with Crippen LogP contribution in [0, 0.1) is 10.1 Å². The van der Waals surface area contributed by atoms with Crippen molar-refractivity contribution in [2.75, 3.05) is 0 Å². The van der Waals surface area contributed by atoms with Crippen molar-refractivity contribution in [2.24, 2.45) is 5.73 Å². The summed E-state index contributed by atoms with van der Waals surface area (Å²) < 4.78 is 0. The molecule has 1 aromatic carbocycles. The van der Waals surface area contributed by atoms with Crippen LogP contribution in [0.4, 0.5) is 5.69 Å². The Bertz CT molecular complexity index is 358. The maximum absolute atomic E-state index is 10.6. The summed E-state index contributed by atoms with van der Waals surface area (Å²) in [6, 6.07) is 4.47. The van der Waals surface area contributed by atoms with Gasteiger partial charge in [0.25, 0.3) is 5.69 Å². The van der Waals surface area contributed by atoms with Gasteiger partial charge in [0.1, 0.15) is 5.02 Å². The summed E-state index contributed by atoms with van der Waals surface area (Å²) in [6.45, 7) is 1.92. The molecule has 84 valence electrons. The highest BCUT2D eigenvalue weighted by atomic mass is 35.5. The first-order valence-electron chi connectivity index (χ1n) is 4.25. The lowest BCUT2D eigenvalue weighted by Gasteiger charge is -2.08. The zero-order valence-electron chi connectivity index (χ0n) is 8.14. The van der Waals surface area contributed by atoms with E-state index >= 15 is 0 Å². The van der Waals surface area contributed by atoms with Gasteiger partial charge < -0.3 is 5.73 Å². The highest BCUT2D eigenvalue weighted by molar-refractivity contribution is 6.32. The molecule has 0 spiro atoms. The van der Waals surface area contributed by atoms with E-state index in [4.69, 9.17) is 17.3 Å². The lowest BCUT2D eigenvalue weighted by atomic mass is 10.1. The van der Waals surface area contributed by atoms with Gasteiger partial charge >= 0.3 is 0 Å². The lowest BCUT2D eigenvalue weighted by Crippen LogP contribution is -2.08. The van der Waals surface area contributed by atoms with Crippen LogP contribution in [0.5, 0.6) is 0 Å². The molecule has 1 atom stereocenters. The molecular formula is C9H12Cl2N2O2. The van der Waals surface area contributed by atoms with Crippen LogP contribution in [-0.2, 0) is 0 Å². The first kappa shape index (κ1) is 14.2. The maximum Gasteiger partial charge on any atom is 0.288 e. The molecule has 0 bridgehead atoms. The van der Waals surface area contributed by atoms with Crippen LogP contribution in [0.3, 0.4) is 0 Å². The maximum atomic E-state index is 10.6. The first-order valence-corrected chi connectivity index (χ1v) is 4.63. The molecule has 0 saturated carbocycles.